The Morgan fingerprint density at radius 2 is 1.90 bits per heavy atom. The SMILES string of the molecule is Cc1cc(CCCCCCn2cc[n+](C)c2)c(C)s1.[Br-]. The molecule has 2 rings (SSSR count). The fraction of sp³-hybridized carbons (Fsp3) is 0.562. The average molecular weight is 357 g/mol. The highest BCUT2D eigenvalue weighted by atomic mass is 79.9. The number of halogens is 1. The maximum absolute atomic E-state index is 2.36. The van der Waals surface area contributed by atoms with Gasteiger partial charge in [0, 0.05) is 9.75 Å². The van der Waals surface area contributed by atoms with E-state index in [1.54, 1.807) is 5.56 Å². The molecule has 0 saturated heterocycles. The van der Waals surface area contributed by atoms with E-state index in [4.69, 9.17) is 0 Å². The Morgan fingerprint density at radius 3 is 2.50 bits per heavy atom. The van der Waals surface area contributed by atoms with Gasteiger partial charge < -0.3 is 17.0 Å². The Labute approximate surface area is 137 Å². The van der Waals surface area contributed by atoms with Crippen LogP contribution >= 0.6 is 11.3 Å². The molecule has 0 radical (unpaired) electrons. The van der Waals surface area contributed by atoms with Gasteiger partial charge in [-0.2, -0.15) is 0 Å². The van der Waals surface area contributed by atoms with E-state index >= 15 is 0 Å². The quantitative estimate of drug-likeness (QED) is 0.512. The zero-order chi connectivity index (χ0) is 13.7. The molecule has 0 bridgehead atoms. The molecular formula is C16H25BrN2S. The molecule has 20 heavy (non-hydrogen) atoms. The third kappa shape index (κ3) is 5.41. The first kappa shape index (κ1) is 17.4. The lowest BCUT2D eigenvalue weighted by Crippen LogP contribution is -3.00. The lowest BCUT2D eigenvalue weighted by Gasteiger charge is -2.01. The minimum atomic E-state index is 0. The van der Waals surface area contributed by atoms with Gasteiger partial charge in [-0.15, -0.1) is 11.3 Å². The van der Waals surface area contributed by atoms with E-state index in [-0.39, 0.29) is 17.0 Å². The van der Waals surface area contributed by atoms with Gasteiger partial charge >= 0.3 is 0 Å². The van der Waals surface area contributed by atoms with Crippen molar-refractivity contribution in [1.29, 1.82) is 0 Å². The molecule has 2 aromatic heterocycles. The zero-order valence-electron chi connectivity index (χ0n) is 12.7. The third-order valence-electron chi connectivity index (χ3n) is 3.58. The number of imidazole rings is 1. The lowest BCUT2D eigenvalue weighted by molar-refractivity contribution is -0.671. The standard InChI is InChI=1S/C16H25N2S.BrH/c1-14-12-16(15(2)19-14)8-6-4-5-7-9-18-11-10-17(3)13-18;/h10-13H,4-9H2,1-3H3;1H/q+1;/p-1. The van der Waals surface area contributed by atoms with Gasteiger partial charge in [0.1, 0.15) is 12.4 Å². The zero-order valence-corrected chi connectivity index (χ0v) is 15.1. The summed E-state index contributed by atoms with van der Waals surface area (Å²) in [7, 11) is 2.07. The van der Waals surface area contributed by atoms with Crippen LogP contribution in [-0.2, 0) is 20.0 Å². The summed E-state index contributed by atoms with van der Waals surface area (Å²) in [5, 5.41) is 0. The second kappa shape index (κ2) is 8.63. The molecule has 2 aromatic rings. The van der Waals surface area contributed by atoms with Crippen molar-refractivity contribution in [3.05, 3.63) is 40.1 Å². The molecule has 0 spiro atoms. The number of nitrogens with zero attached hydrogens (tertiary/aromatic N) is 2. The van der Waals surface area contributed by atoms with Crippen LogP contribution in [-0.4, -0.2) is 4.57 Å². The first-order valence-electron chi connectivity index (χ1n) is 7.22. The van der Waals surface area contributed by atoms with Crippen LogP contribution in [0.1, 0.15) is 41.0 Å². The molecule has 0 aliphatic rings. The summed E-state index contributed by atoms with van der Waals surface area (Å²) in [6.45, 7) is 5.61. The number of aryl methyl sites for hydroxylation is 5. The van der Waals surface area contributed by atoms with Crippen molar-refractivity contribution in [3.63, 3.8) is 0 Å². The van der Waals surface area contributed by atoms with Crippen molar-refractivity contribution in [2.24, 2.45) is 7.05 Å². The van der Waals surface area contributed by atoms with Crippen LogP contribution in [0, 0.1) is 13.8 Å². The number of hydrogen-bond acceptors (Lipinski definition) is 1. The predicted octanol–water partition coefficient (Wildman–Crippen LogP) is 0.798. The summed E-state index contributed by atoms with van der Waals surface area (Å²) >= 11 is 1.93. The molecule has 0 aliphatic carbocycles. The fourth-order valence-electron chi connectivity index (χ4n) is 2.53. The normalized spacial score (nSPS) is 10.6. The molecule has 2 heterocycles. The van der Waals surface area contributed by atoms with E-state index < -0.39 is 0 Å². The Kier molecular flexibility index (Phi) is 7.52. The molecular weight excluding hydrogens is 332 g/mol. The summed E-state index contributed by atoms with van der Waals surface area (Å²) in [6.07, 6.45) is 13.0. The molecule has 0 unspecified atom stereocenters. The minimum Gasteiger partial charge on any atom is -1.00 e. The van der Waals surface area contributed by atoms with Crippen LogP contribution in [0.3, 0.4) is 0 Å². The molecule has 0 N–H and O–H groups in total. The van der Waals surface area contributed by atoms with Crippen LogP contribution in [0.15, 0.2) is 24.8 Å². The van der Waals surface area contributed by atoms with Crippen LogP contribution in [0.4, 0.5) is 0 Å². The summed E-state index contributed by atoms with van der Waals surface area (Å²) < 4.78 is 4.37. The van der Waals surface area contributed by atoms with Gasteiger partial charge in [-0.05, 0) is 51.2 Å². The second-order valence-corrected chi connectivity index (χ2v) is 6.88. The van der Waals surface area contributed by atoms with Crippen molar-refractivity contribution in [2.75, 3.05) is 0 Å². The summed E-state index contributed by atoms with van der Waals surface area (Å²) in [5.74, 6) is 0. The van der Waals surface area contributed by atoms with Crippen LogP contribution < -0.4 is 21.5 Å². The highest BCUT2D eigenvalue weighted by Crippen LogP contribution is 2.22. The van der Waals surface area contributed by atoms with E-state index in [0.29, 0.717) is 0 Å². The number of aromatic nitrogens is 2. The molecule has 0 saturated carbocycles. The number of rotatable bonds is 7. The summed E-state index contributed by atoms with van der Waals surface area (Å²) in [4.78, 5) is 2.96. The Bertz CT molecular complexity index is 516. The Hall–Kier alpha value is -0.610. The molecule has 0 aromatic carbocycles. The topological polar surface area (TPSA) is 8.81 Å². The van der Waals surface area contributed by atoms with E-state index in [1.807, 2.05) is 11.3 Å². The van der Waals surface area contributed by atoms with Crippen LogP contribution in [0.25, 0.3) is 0 Å². The number of hydrogen-bond donors (Lipinski definition) is 0. The number of thiophene rings is 1. The van der Waals surface area contributed by atoms with Gasteiger partial charge in [-0.25, -0.2) is 9.13 Å². The first-order valence-corrected chi connectivity index (χ1v) is 8.04. The van der Waals surface area contributed by atoms with Gasteiger partial charge in [0.2, 0.25) is 6.33 Å². The third-order valence-corrected chi connectivity index (χ3v) is 4.59. The monoisotopic (exact) mass is 356 g/mol. The van der Waals surface area contributed by atoms with Crippen molar-refractivity contribution in [1.82, 2.24) is 4.57 Å². The largest absolute Gasteiger partial charge is 1.00 e. The smallest absolute Gasteiger partial charge is 0.243 e. The van der Waals surface area contributed by atoms with Crippen molar-refractivity contribution >= 4 is 11.3 Å². The van der Waals surface area contributed by atoms with E-state index in [0.717, 1.165) is 6.54 Å². The minimum absolute atomic E-state index is 0. The summed E-state index contributed by atoms with van der Waals surface area (Å²) in [5.41, 5.74) is 1.57. The molecule has 0 atom stereocenters. The fourth-order valence-corrected chi connectivity index (χ4v) is 3.51. The average Bonchev–Trinajstić information content (AvgIpc) is 2.90. The number of unbranched alkanes of at least 4 members (excludes halogenated alkanes) is 3. The highest BCUT2D eigenvalue weighted by Gasteiger charge is 2.03. The van der Waals surface area contributed by atoms with E-state index in [1.165, 1.54) is 41.9 Å². The molecule has 0 aliphatic heterocycles. The lowest BCUT2D eigenvalue weighted by atomic mass is 10.1. The van der Waals surface area contributed by atoms with Crippen molar-refractivity contribution in [2.45, 2.75) is 52.5 Å². The van der Waals surface area contributed by atoms with Crippen LogP contribution in [0.5, 0.6) is 0 Å². The van der Waals surface area contributed by atoms with Gasteiger partial charge in [0.05, 0.1) is 13.6 Å². The van der Waals surface area contributed by atoms with Gasteiger partial charge in [0.15, 0.2) is 0 Å². The van der Waals surface area contributed by atoms with E-state index in [9.17, 15) is 0 Å². The van der Waals surface area contributed by atoms with Crippen molar-refractivity contribution in [3.8, 4) is 0 Å². The van der Waals surface area contributed by atoms with Gasteiger partial charge in [-0.3, -0.25) is 0 Å². The van der Waals surface area contributed by atoms with Crippen molar-refractivity contribution < 1.29 is 21.5 Å². The van der Waals surface area contributed by atoms with Gasteiger partial charge in [0.25, 0.3) is 0 Å². The Balaban J connectivity index is 0.00000200. The predicted molar refractivity (Wildman–Crippen MR) is 81.6 cm³/mol. The van der Waals surface area contributed by atoms with E-state index in [2.05, 4.69) is 54.8 Å². The van der Waals surface area contributed by atoms with Gasteiger partial charge in [-0.1, -0.05) is 6.42 Å². The molecule has 2 nitrogen and oxygen atoms in total. The van der Waals surface area contributed by atoms with Crippen LogP contribution in [0.2, 0.25) is 0 Å². The Morgan fingerprint density at radius 1 is 1.15 bits per heavy atom. The highest BCUT2D eigenvalue weighted by molar-refractivity contribution is 7.12. The first-order chi connectivity index (χ1) is 9.15. The second-order valence-electron chi connectivity index (χ2n) is 5.42. The molecule has 112 valence electrons. The maximum atomic E-state index is 2.36. The summed E-state index contributed by atoms with van der Waals surface area (Å²) in [6, 6.07) is 2.36. The molecule has 4 heteroatoms. The molecule has 0 fully saturated rings. The molecule has 0 amide bonds. The maximum Gasteiger partial charge on any atom is 0.243 e.